The molecule has 0 bridgehead atoms. The van der Waals surface area contributed by atoms with Gasteiger partial charge in [0.2, 0.25) is 6.13 Å². The van der Waals surface area contributed by atoms with E-state index in [1.807, 2.05) is 0 Å². The van der Waals surface area contributed by atoms with Crippen LogP contribution in [0, 0.1) is 11.8 Å². The largest absolute Gasteiger partial charge is 0.441 e. The van der Waals surface area contributed by atoms with Crippen molar-refractivity contribution in [3.8, 4) is 0 Å². The van der Waals surface area contributed by atoms with Crippen molar-refractivity contribution in [3.63, 3.8) is 0 Å². The Kier molecular flexibility index (Phi) is 7.51. The van der Waals surface area contributed by atoms with Gasteiger partial charge >= 0.3 is 0 Å². The molecule has 0 heterocycles. The molecule has 1 rings (SSSR count). The van der Waals surface area contributed by atoms with Crippen LogP contribution in [0.25, 0.3) is 0 Å². The monoisotopic (exact) mass is 293 g/mol. The lowest BCUT2D eigenvalue weighted by Gasteiger charge is -2.35. The Bertz CT molecular complexity index is 251. The third-order valence-electron chi connectivity index (χ3n) is 3.74. The number of likely N-dealkylation sites (N-methyl/N-ethyl adjacent to an activating group) is 1. The average molecular weight is 293 g/mol. The van der Waals surface area contributed by atoms with Crippen LogP contribution in [0.4, 0.5) is 0 Å². The van der Waals surface area contributed by atoms with Gasteiger partial charge in [-0.05, 0) is 32.4 Å². The van der Waals surface area contributed by atoms with Crippen LogP contribution >= 0.6 is 6.13 Å². The third-order valence-corrected chi connectivity index (χ3v) is 4.70. The van der Waals surface area contributed by atoms with E-state index >= 15 is 0 Å². The molecular formula is C12H24NOPS2. The van der Waals surface area contributed by atoms with Crippen molar-refractivity contribution in [3.05, 3.63) is 0 Å². The molecule has 4 unspecified atom stereocenters. The average Bonchev–Trinajstić information content (AvgIpc) is 2.27. The van der Waals surface area contributed by atoms with Crippen molar-refractivity contribution in [2.45, 2.75) is 45.1 Å². The smallest absolute Gasteiger partial charge is 0.201 e. The fourth-order valence-corrected chi connectivity index (χ4v) is 4.06. The molecular weight excluding hydrogens is 269 g/mol. The van der Waals surface area contributed by atoms with Gasteiger partial charge in [-0.2, -0.15) is 4.52 Å². The van der Waals surface area contributed by atoms with Gasteiger partial charge in [0.05, 0.1) is 0 Å². The van der Waals surface area contributed by atoms with Gasteiger partial charge in [0, 0.05) is 6.54 Å². The molecule has 0 aromatic heterocycles. The minimum absolute atomic E-state index is 0.247. The molecule has 1 aliphatic carbocycles. The van der Waals surface area contributed by atoms with Crippen LogP contribution in [0.1, 0.15) is 39.0 Å². The summed E-state index contributed by atoms with van der Waals surface area (Å²) < 4.78 is 5.89. The maximum absolute atomic E-state index is 5.89. The first-order valence-electron chi connectivity index (χ1n) is 6.50. The highest BCUT2D eigenvalue weighted by Crippen LogP contribution is 2.38. The Morgan fingerprint density at radius 3 is 2.59 bits per heavy atom. The molecule has 1 saturated carbocycles. The normalized spacial score (nSPS) is 28.2. The molecule has 1 fully saturated rings. The molecule has 0 aromatic carbocycles. The van der Waals surface area contributed by atoms with Crippen LogP contribution in [-0.4, -0.2) is 31.6 Å². The van der Waals surface area contributed by atoms with Crippen molar-refractivity contribution < 1.29 is 4.52 Å². The van der Waals surface area contributed by atoms with E-state index in [4.69, 9.17) is 28.6 Å². The van der Waals surface area contributed by atoms with E-state index in [1.165, 1.54) is 32.1 Å². The molecule has 0 amide bonds. The molecule has 100 valence electrons. The van der Waals surface area contributed by atoms with Crippen LogP contribution < -0.4 is 0 Å². The maximum Gasteiger partial charge on any atom is 0.201 e. The summed E-state index contributed by atoms with van der Waals surface area (Å²) in [5.41, 5.74) is 0. The second-order valence-electron chi connectivity index (χ2n) is 5.25. The van der Waals surface area contributed by atoms with Gasteiger partial charge in [0.25, 0.3) is 0 Å². The highest BCUT2D eigenvalue weighted by Gasteiger charge is 2.33. The van der Waals surface area contributed by atoms with Crippen LogP contribution in [0.15, 0.2) is 0 Å². The van der Waals surface area contributed by atoms with Crippen LogP contribution in [0.3, 0.4) is 0 Å². The SMILES string of the molecule is CCC1CCCCC1C(CN(C)C)O[P+](=S)[S-]. The van der Waals surface area contributed by atoms with E-state index in [9.17, 15) is 0 Å². The molecule has 17 heavy (non-hydrogen) atoms. The van der Waals surface area contributed by atoms with Crippen molar-refractivity contribution >= 4 is 30.2 Å². The van der Waals surface area contributed by atoms with Crippen molar-refractivity contribution in [1.82, 2.24) is 4.90 Å². The van der Waals surface area contributed by atoms with Crippen molar-refractivity contribution in [2.75, 3.05) is 20.6 Å². The molecule has 5 heteroatoms. The molecule has 0 N–H and O–H groups in total. The first-order chi connectivity index (χ1) is 8.04. The van der Waals surface area contributed by atoms with Crippen LogP contribution in [-0.2, 0) is 28.6 Å². The highest BCUT2D eigenvalue weighted by molar-refractivity contribution is 8.45. The zero-order valence-electron chi connectivity index (χ0n) is 11.1. The van der Waals surface area contributed by atoms with Gasteiger partial charge in [0.15, 0.2) is 11.8 Å². The maximum atomic E-state index is 5.89. The fraction of sp³-hybridized carbons (Fsp3) is 1.00. The Labute approximate surface area is 117 Å². The van der Waals surface area contributed by atoms with Gasteiger partial charge in [-0.3, -0.25) is 0 Å². The highest BCUT2D eigenvalue weighted by atomic mass is 32.9. The number of nitrogens with zero attached hydrogens (tertiary/aromatic N) is 1. The molecule has 0 radical (unpaired) electrons. The summed E-state index contributed by atoms with van der Waals surface area (Å²) in [7, 11) is 4.18. The Morgan fingerprint density at radius 1 is 1.41 bits per heavy atom. The molecule has 4 atom stereocenters. The van der Waals surface area contributed by atoms with E-state index in [0.29, 0.717) is 5.92 Å². The predicted octanol–water partition coefficient (Wildman–Crippen LogP) is 3.47. The summed E-state index contributed by atoms with van der Waals surface area (Å²) in [5, 5.41) is 0. The van der Waals surface area contributed by atoms with E-state index in [0.717, 1.165) is 12.5 Å². The van der Waals surface area contributed by atoms with Gasteiger partial charge in [-0.1, -0.05) is 32.6 Å². The first kappa shape index (κ1) is 15.8. The lowest BCUT2D eigenvalue weighted by molar-refractivity contribution is 0.0591. The zero-order valence-corrected chi connectivity index (χ0v) is 13.6. The lowest BCUT2D eigenvalue weighted by atomic mass is 9.75. The summed E-state index contributed by atoms with van der Waals surface area (Å²) >= 11 is 10.2. The summed E-state index contributed by atoms with van der Waals surface area (Å²) in [6.07, 6.45) is 5.76. The van der Waals surface area contributed by atoms with E-state index in [-0.39, 0.29) is 6.10 Å². The van der Waals surface area contributed by atoms with E-state index in [2.05, 4.69) is 25.9 Å². The zero-order chi connectivity index (χ0) is 12.8. The summed E-state index contributed by atoms with van der Waals surface area (Å²) in [5.74, 6) is 1.46. The summed E-state index contributed by atoms with van der Waals surface area (Å²) in [6, 6.07) is 0. The van der Waals surface area contributed by atoms with Gasteiger partial charge in [-0.25, -0.2) is 0 Å². The number of hydrogen-bond acceptors (Lipinski definition) is 4. The summed E-state index contributed by atoms with van der Waals surface area (Å²) in [6.45, 7) is 3.24. The first-order valence-corrected chi connectivity index (χ1v) is 9.79. The van der Waals surface area contributed by atoms with Gasteiger partial charge in [0.1, 0.15) is 6.10 Å². The number of rotatable bonds is 6. The second kappa shape index (κ2) is 8.06. The molecule has 0 aliphatic heterocycles. The van der Waals surface area contributed by atoms with E-state index in [1.54, 1.807) is 0 Å². The third kappa shape index (κ3) is 5.52. The molecule has 0 saturated heterocycles. The predicted molar refractivity (Wildman–Crippen MR) is 80.8 cm³/mol. The minimum Gasteiger partial charge on any atom is -0.441 e. The van der Waals surface area contributed by atoms with Crippen LogP contribution in [0.2, 0.25) is 0 Å². The van der Waals surface area contributed by atoms with E-state index < -0.39 is 6.13 Å². The quantitative estimate of drug-likeness (QED) is 0.549. The standard InChI is InChI=1S/C12H24NOPS2/c1-4-10-7-5-6-8-11(10)12(9-13(2)3)14-15(16)17/h10-12H,4-9H2,1-3H3. The van der Waals surface area contributed by atoms with Crippen molar-refractivity contribution in [2.24, 2.45) is 11.8 Å². The second-order valence-corrected chi connectivity index (χ2v) is 8.59. The topological polar surface area (TPSA) is 12.5 Å². The van der Waals surface area contributed by atoms with Crippen molar-refractivity contribution in [1.29, 1.82) is 0 Å². The molecule has 1 aliphatic rings. The van der Waals surface area contributed by atoms with Crippen LogP contribution in [0.5, 0.6) is 0 Å². The molecule has 0 spiro atoms. The summed E-state index contributed by atoms with van der Waals surface area (Å²) in [4.78, 5) is 2.19. The molecule has 0 aromatic rings. The minimum atomic E-state index is -1.08. The fourth-order valence-electron chi connectivity index (χ4n) is 2.95. The molecule has 2 nitrogen and oxygen atoms in total. The Morgan fingerprint density at radius 2 is 2.06 bits per heavy atom. The Balaban J connectivity index is 2.67. The number of hydrogen-bond donors (Lipinski definition) is 0. The Hall–Kier alpha value is 0.790. The van der Waals surface area contributed by atoms with Gasteiger partial charge < -0.3 is 17.1 Å². The lowest BCUT2D eigenvalue weighted by Crippen LogP contribution is -2.38. The van der Waals surface area contributed by atoms with Gasteiger partial charge in [-0.15, -0.1) is 0 Å².